The van der Waals surface area contributed by atoms with Crippen molar-refractivity contribution in [2.75, 3.05) is 18.9 Å². The highest BCUT2D eigenvalue weighted by molar-refractivity contribution is 5.95. The fourth-order valence-corrected chi connectivity index (χ4v) is 3.52. The zero-order chi connectivity index (χ0) is 25.4. The monoisotopic (exact) mass is 484 g/mol. The average Bonchev–Trinajstić information content (AvgIpc) is 3.24. The van der Waals surface area contributed by atoms with Gasteiger partial charge in [0, 0.05) is 18.8 Å². The van der Waals surface area contributed by atoms with Gasteiger partial charge in [0.05, 0.1) is 18.6 Å². The van der Waals surface area contributed by atoms with Gasteiger partial charge in [-0.2, -0.15) is 4.98 Å². The van der Waals surface area contributed by atoms with Crippen molar-refractivity contribution in [3.63, 3.8) is 0 Å². The molecule has 12 heteroatoms. The van der Waals surface area contributed by atoms with Crippen LogP contribution in [-0.2, 0) is 31.9 Å². The maximum Gasteiger partial charge on any atom is 0.328 e. The van der Waals surface area contributed by atoms with Crippen LogP contribution in [0.2, 0.25) is 0 Å². The third kappa shape index (κ3) is 6.65. The van der Waals surface area contributed by atoms with Crippen LogP contribution in [0.3, 0.4) is 0 Å². The van der Waals surface area contributed by atoms with Gasteiger partial charge in [0.15, 0.2) is 0 Å². The number of aromatic nitrogens is 4. The van der Waals surface area contributed by atoms with Crippen LogP contribution in [0.5, 0.6) is 0 Å². The first kappa shape index (κ1) is 25.4. The first-order valence-electron chi connectivity index (χ1n) is 11.3. The van der Waals surface area contributed by atoms with E-state index in [1.165, 1.54) is 0 Å². The Balaban J connectivity index is 1.62. The molecule has 0 spiro atoms. The molecule has 0 aliphatic rings. The van der Waals surface area contributed by atoms with E-state index in [-0.39, 0.29) is 43.3 Å². The number of rotatable bonds is 11. The van der Waals surface area contributed by atoms with Crippen molar-refractivity contribution >= 4 is 34.8 Å². The summed E-state index contributed by atoms with van der Waals surface area (Å²) in [4.78, 5) is 62.4. The van der Waals surface area contributed by atoms with E-state index >= 15 is 0 Å². The van der Waals surface area contributed by atoms with Gasteiger partial charge in [-0.05, 0) is 50.3 Å². The van der Waals surface area contributed by atoms with Crippen molar-refractivity contribution < 1.29 is 23.9 Å². The van der Waals surface area contributed by atoms with E-state index in [9.17, 15) is 19.2 Å². The van der Waals surface area contributed by atoms with E-state index in [0.717, 1.165) is 11.1 Å². The standard InChI is InChI=1S/C23H28N6O6/c1-3-34-17(30)10-9-16(22(33)35-4-2)27-20(31)15-8-6-13(11-25-15)5-7-14-12-26-19-18(14)21(32)29-23(24)28-19/h6,8,11-12,16H,3-5,7,9-10H2,1-2H3,(H,27,31)(H4,24,26,28,29,32)/t16-/m0/s1. The Kier molecular flexibility index (Phi) is 8.54. The molecule has 12 nitrogen and oxygen atoms in total. The van der Waals surface area contributed by atoms with Gasteiger partial charge in [0.2, 0.25) is 5.95 Å². The van der Waals surface area contributed by atoms with Gasteiger partial charge in [0.25, 0.3) is 11.5 Å². The maximum atomic E-state index is 12.6. The number of hydrogen-bond acceptors (Lipinski definition) is 9. The first-order valence-corrected chi connectivity index (χ1v) is 11.3. The number of anilines is 1. The molecule has 0 saturated carbocycles. The minimum absolute atomic E-state index is 0.0389. The van der Waals surface area contributed by atoms with Crippen molar-refractivity contribution in [1.29, 1.82) is 0 Å². The number of hydrogen-bond donors (Lipinski definition) is 4. The van der Waals surface area contributed by atoms with E-state index in [1.54, 1.807) is 38.4 Å². The second kappa shape index (κ2) is 11.8. The molecule has 0 aliphatic carbocycles. The number of nitrogens with two attached hydrogens (primary N) is 1. The number of carbonyl (C=O) groups is 3. The molecule has 186 valence electrons. The summed E-state index contributed by atoms with van der Waals surface area (Å²) in [6.07, 6.45) is 4.39. The van der Waals surface area contributed by atoms with Gasteiger partial charge in [0.1, 0.15) is 17.4 Å². The average molecular weight is 485 g/mol. The third-order valence-electron chi connectivity index (χ3n) is 5.20. The molecule has 5 N–H and O–H groups in total. The minimum Gasteiger partial charge on any atom is -0.466 e. The number of nitrogen functional groups attached to an aromatic ring is 1. The molecule has 3 aromatic rings. The predicted octanol–water partition coefficient (Wildman–Crippen LogP) is 1.02. The van der Waals surface area contributed by atoms with Gasteiger partial charge in [-0.3, -0.25) is 24.4 Å². The number of aromatic amines is 2. The summed E-state index contributed by atoms with van der Waals surface area (Å²) in [5, 5.41) is 3.03. The molecular weight excluding hydrogens is 456 g/mol. The summed E-state index contributed by atoms with van der Waals surface area (Å²) in [5.74, 6) is -1.62. The second-order valence-electron chi connectivity index (χ2n) is 7.66. The lowest BCUT2D eigenvalue weighted by Crippen LogP contribution is -2.42. The number of H-pyrrole nitrogens is 2. The highest BCUT2D eigenvalue weighted by atomic mass is 16.5. The SMILES string of the molecule is CCOC(=O)CC[C@H](NC(=O)c1ccc(CCc2c[nH]c3nc(N)[nH]c(=O)c23)cn1)C(=O)OCC. The van der Waals surface area contributed by atoms with Gasteiger partial charge in [-0.25, -0.2) is 4.79 Å². The molecule has 0 fully saturated rings. The van der Waals surface area contributed by atoms with Crippen molar-refractivity contribution in [3.05, 3.63) is 51.7 Å². The number of esters is 2. The number of pyridine rings is 1. The van der Waals surface area contributed by atoms with Crippen molar-refractivity contribution in [2.45, 2.75) is 45.6 Å². The highest BCUT2D eigenvalue weighted by Crippen LogP contribution is 2.15. The fourth-order valence-electron chi connectivity index (χ4n) is 3.52. The molecule has 0 radical (unpaired) electrons. The molecule has 3 heterocycles. The normalized spacial score (nSPS) is 11.7. The molecule has 1 amide bonds. The van der Waals surface area contributed by atoms with Gasteiger partial charge in [-0.15, -0.1) is 0 Å². The minimum atomic E-state index is -1.00. The molecule has 1 atom stereocenters. The Morgan fingerprint density at radius 3 is 2.60 bits per heavy atom. The van der Waals surface area contributed by atoms with E-state index in [0.29, 0.717) is 23.9 Å². The molecule has 35 heavy (non-hydrogen) atoms. The molecule has 3 aromatic heterocycles. The Morgan fingerprint density at radius 1 is 1.14 bits per heavy atom. The molecule has 0 aliphatic heterocycles. The number of nitrogens with one attached hydrogen (secondary N) is 3. The number of fused-ring (bicyclic) bond motifs is 1. The summed E-state index contributed by atoms with van der Waals surface area (Å²) in [6.45, 7) is 3.71. The quantitative estimate of drug-likeness (QED) is 0.289. The maximum absolute atomic E-state index is 12.6. The van der Waals surface area contributed by atoms with E-state index < -0.39 is 23.9 Å². The van der Waals surface area contributed by atoms with Crippen molar-refractivity contribution in [3.8, 4) is 0 Å². The summed E-state index contributed by atoms with van der Waals surface area (Å²) in [6, 6.07) is 2.29. The Labute approximate surface area is 200 Å². The zero-order valence-corrected chi connectivity index (χ0v) is 19.6. The molecule has 0 saturated heterocycles. The van der Waals surface area contributed by atoms with Crippen LogP contribution in [0, 0.1) is 0 Å². The summed E-state index contributed by atoms with van der Waals surface area (Å²) < 4.78 is 9.87. The van der Waals surface area contributed by atoms with E-state index in [2.05, 4.69) is 25.3 Å². The smallest absolute Gasteiger partial charge is 0.328 e. The van der Waals surface area contributed by atoms with Crippen LogP contribution in [-0.4, -0.2) is 57.0 Å². The summed E-state index contributed by atoms with van der Waals surface area (Å²) in [7, 11) is 0. The fraction of sp³-hybridized carbons (Fsp3) is 0.391. The van der Waals surface area contributed by atoms with Crippen LogP contribution in [0.25, 0.3) is 11.0 Å². The van der Waals surface area contributed by atoms with Crippen LogP contribution in [0.4, 0.5) is 5.95 Å². The van der Waals surface area contributed by atoms with Crippen LogP contribution in [0.1, 0.15) is 48.3 Å². The van der Waals surface area contributed by atoms with Crippen LogP contribution in [0.15, 0.2) is 29.3 Å². The Morgan fingerprint density at radius 2 is 1.91 bits per heavy atom. The largest absolute Gasteiger partial charge is 0.466 e. The Bertz CT molecular complexity index is 1250. The number of ether oxygens (including phenoxy) is 2. The van der Waals surface area contributed by atoms with Crippen molar-refractivity contribution in [1.82, 2.24) is 25.3 Å². The van der Waals surface area contributed by atoms with Crippen LogP contribution < -0.4 is 16.6 Å². The Hall–Kier alpha value is -4.22. The van der Waals surface area contributed by atoms with E-state index in [4.69, 9.17) is 15.2 Å². The predicted molar refractivity (Wildman–Crippen MR) is 127 cm³/mol. The molecule has 0 unspecified atom stereocenters. The lowest BCUT2D eigenvalue weighted by Gasteiger charge is -2.16. The van der Waals surface area contributed by atoms with Crippen LogP contribution >= 0.6 is 0 Å². The molecule has 0 bridgehead atoms. The lowest BCUT2D eigenvalue weighted by molar-refractivity contribution is -0.146. The first-order chi connectivity index (χ1) is 16.8. The molecular formula is C23H28N6O6. The highest BCUT2D eigenvalue weighted by Gasteiger charge is 2.24. The van der Waals surface area contributed by atoms with Gasteiger partial charge in [-0.1, -0.05) is 6.07 Å². The molecule has 0 aromatic carbocycles. The van der Waals surface area contributed by atoms with Crippen molar-refractivity contribution in [2.24, 2.45) is 0 Å². The zero-order valence-electron chi connectivity index (χ0n) is 19.6. The van der Waals surface area contributed by atoms with E-state index in [1.807, 2.05) is 0 Å². The lowest BCUT2D eigenvalue weighted by atomic mass is 10.1. The number of nitrogens with zero attached hydrogens (tertiary/aromatic N) is 2. The summed E-state index contributed by atoms with van der Waals surface area (Å²) >= 11 is 0. The second-order valence-corrected chi connectivity index (χ2v) is 7.66. The third-order valence-corrected chi connectivity index (χ3v) is 5.20. The van der Waals surface area contributed by atoms with Gasteiger partial charge < -0.3 is 25.5 Å². The number of amides is 1. The summed E-state index contributed by atoms with van der Waals surface area (Å²) in [5.41, 5.74) is 7.42. The topological polar surface area (TPSA) is 182 Å². The van der Waals surface area contributed by atoms with Gasteiger partial charge >= 0.3 is 11.9 Å². The molecule has 3 rings (SSSR count). The number of aryl methyl sites for hydroxylation is 2. The number of carbonyl (C=O) groups excluding carboxylic acids is 3.